The van der Waals surface area contributed by atoms with Crippen LogP contribution in [-0.4, -0.2) is 16.8 Å². The second-order valence-electron chi connectivity index (χ2n) is 1.87. The van der Waals surface area contributed by atoms with Crippen LogP contribution in [0.3, 0.4) is 0 Å². The zero-order chi connectivity index (χ0) is 5.82. The molecule has 0 N–H and O–H groups in total. The van der Waals surface area contributed by atoms with E-state index in [0.29, 0.717) is 0 Å². The summed E-state index contributed by atoms with van der Waals surface area (Å²) in [4.78, 5) is 0. The van der Waals surface area contributed by atoms with Crippen LogP contribution in [0.1, 0.15) is 12.8 Å². The Hall–Kier alpha value is 1.05. The highest BCUT2D eigenvalue weighted by Gasteiger charge is 2.11. The molecule has 0 aromatic carbocycles. The molecule has 48 valence electrons. The van der Waals surface area contributed by atoms with E-state index in [1.54, 1.807) is 0 Å². The fraction of sp³-hybridized carbons (Fsp3) is 1.00. The van der Waals surface area contributed by atoms with E-state index in [2.05, 4.69) is 12.6 Å². The first-order chi connectivity index (χ1) is 3.93. The van der Waals surface area contributed by atoms with Crippen LogP contribution in [0.2, 0.25) is 0 Å². The molecule has 1 aliphatic rings. The van der Waals surface area contributed by atoms with Crippen LogP contribution >= 0.6 is 34.2 Å². The van der Waals surface area contributed by atoms with Gasteiger partial charge in [-0.2, -0.15) is 12.6 Å². The quantitative estimate of drug-likeness (QED) is 0.469. The van der Waals surface area contributed by atoms with Crippen molar-refractivity contribution in [1.82, 2.24) is 0 Å². The molecule has 0 radical (unpaired) electrons. The van der Waals surface area contributed by atoms with E-state index >= 15 is 0 Å². The summed E-state index contributed by atoms with van der Waals surface area (Å²) in [6.07, 6.45) is 2.77. The van der Waals surface area contributed by atoms with Crippen molar-refractivity contribution in [3.8, 4) is 0 Å². The molecule has 1 rings (SSSR count). The fourth-order valence-electron chi connectivity index (χ4n) is 0.684. The van der Waals surface area contributed by atoms with E-state index in [1.807, 2.05) is 21.6 Å². The minimum Gasteiger partial charge on any atom is -0.178 e. The van der Waals surface area contributed by atoms with Crippen molar-refractivity contribution in [2.24, 2.45) is 0 Å². The topological polar surface area (TPSA) is 0 Å². The van der Waals surface area contributed by atoms with Gasteiger partial charge >= 0.3 is 0 Å². The lowest BCUT2D eigenvalue weighted by Crippen LogP contribution is -2.07. The summed E-state index contributed by atoms with van der Waals surface area (Å²) < 4.78 is 0. The number of hydrogen-bond acceptors (Lipinski definition) is 3. The maximum absolute atomic E-state index is 4.23. The van der Waals surface area contributed by atoms with Crippen LogP contribution in [0.25, 0.3) is 0 Å². The van der Waals surface area contributed by atoms with Crippen molar-refractivity contribution in [1.29, 1.82) is 0 Å². The Bertz CT molecular complexity index is 58.7. The van der Waals surface area contributed by atoms with Gasteiger partial charge in [0, 0.05) is 16.8 Å². The second-order valence-corrected chi connectivity index (χ2v) is 5.02. The first kappa shape index (κ1) is 7.16. The third kappa shape index (κ3) is 2.11. The van der Waals surface area contributed by atoms with Gasteiger partial charge in [0.2, 0.25) is 0 Å². The highest BCUT2D eigenvalue weighted by atomic mass is 33.1. The smallest absolute Gasteiger partial charge is 0.0239 e. The summed E-state index contributed by atoms with van der Waals surface area (Å²) in [5, 5.41) is 0.831. The average molecular weight is 166 g/mol. The molecule has 0 spiro atoms. The van der Waals surface area contributed by atoms with E-state index in [1.165, 1.54) is 18.6 Å². The van der Waals surface area contributed by atoms with Gasteiger partial charge in [0.15, 0.2) is 0 Å². The van der Waals surface area contributed by atoms with Gasteiger partial charge in [-0.3, -0.25) is 0 Å². The molecule has 0 aromatic rings. The van der Waals surface area contributed by atoms with Crippen LogP contribution in [0.4, 0.5) is 0 Å². The van der Waals surface area contributed by atoms with Gasteiger partial charge in [0.25, 0.3) is 0 Å². The van der Waals surface area contributed by atoms with Crippen LogP contribution in [0, 0.1) is 0 Å². The lowest BCUT2D eigenvalue weighted by molar-refractivity contribution is 0.801. The molecule has 0 nitrogen and oxygen atoms in total. The van der Waals surface area contributed by atoms with Gasteiger partial charge in [-0.1, -0.05) is 21.6 Å². The molecule has 1 aliphatic heterocycles. The standard InChI is InChI=1S/C5H10S3/c6-4-5-2-1-3-7-8-5/h5-6H,1-4H2. The predicted molar refractivity (Wildman–Crippen MR) is 46.9 cm³/mol. The number of rotatable bonds is 1. The molecule has 0 aromatic heterocycles. The lowest BCUT2D eigenvalue weighted by Gasteiger charge is -2.17. The van der Waals surface area contributed by atoms with E-state index in [0.717, 1.165) is 11.0 Å². The van der Waals surface area contributed by atoms with Gasteiger partial charge in [-0.15, -0.1) is 0 Å². The Kier molecular flexibility index (Phi) is 3.55. The van der Waals surface area contributed by atoms with Gasteiger partial charge < -0.3 is 0 Å². The summed E-state index contributed by atoms with van der Waals surface area (Å²) in [7, 11) is 4.00. The Morgan fingerprint density at radius 2 is 2.50 bits per heavy atom. The minimum atomic E-state index is 0.831. The molecule has 1 saturated heterocycles. The zero-order valence-corrected chi connectivity index (χ0v) is 7.20. The molecule has 0 bridgehead atoms. The molecule has 8 heavy (non-hydrogen) atoms. The van der Waals surface area contributed by atoms with Crippen LogP contribution in [-0.2, 0) is 0 Å². The van der Waals surface area contributed by atoms with Crippen LogP contribution in [0.15, 0.2) is 0 Å². The van der Waals surface area contributed by atoms with Gasteiger partial charge in [0.1, 0.15) is 0 Å². The van der Waals surface area contributed by atoms with E-state index in [9.17, 15) is 0 Å². The molecule has 1 atom stereocenters. The molecule has 0 amide bonds. The Morgan fingerprint density at radius 3 is 2.88 bits per heavy atom. The molecule has 1 fully saturated rings. The van der Waals surface area contributed by atoms with E-state index in [-0.39, 0.29) is 0 Å². The summed E-state index contributed by atoms with van der Waals surface area (Å²) in [5.41, 5.74) is 0. The van der Waals surface area contributed by atoms with E-state index < -0.39 is 0 Å². The first-order valence-electron chi connectivity index (χ1n) is 2.82. The first-order valence-corrected chi connectivity index (χ1v) is 5.84. The van der Waals surface area contributed by atoms with E-state index in [4.69, 9.17) is 0 Å². The molecular formula is C5H10S3. The van der Waals surface area contributed by atoms with Gasteiger partial charge in [0.05, 0.1) is 0 Å². The van der Waals surface area contributed by atoms with Crippen molar-refractivity contribution < 1.29 is 0 Å². The summed E-state index contributed by atoms with van der Waals surface area (Å²) >= 11 is 4.23. The second kappa shape index (κ2) is 3.96. The molecule has 1 unspecified atom stereocenters. The Labute approximate surface area is 64.0 Å². The highest BCUT2D eigenvalue weighted by Crippen LogP contribution is 2.35. The summed E-state index contributed by atoms with van der Waals surface area (Å²) in [6, 6.07) is 0. The Morgan fingerprint density at radius 1 is 1.62 bits per heavy atom. The molecular weight excluding hydrogens is 156 g/mol. The summed E-state index contributed by atoms with van der Waals surface area (Å²) in [5.74, 6) is 2.40. The average Bonchev–Trinajstić information content (AvgIpc) is 1.90. The van der Waals surface area contributed by atoms with Crippen molar-refractivity contribution in [3.05, 3.63) is 0 Å². The maximum Gasteiger partial charge on any atom is 0.0239 e. The number of hydrogen-bond donors (Lipinski definition) is 1. The number of thiol groups is 1. The van der Waals surface area contributed by atoms with Crippen LogP contribution < -0.4 is 0 Å². The molecule has 1 heterocycles. The minimum absolute atomic E-state index is 0.831. The summed E-state index contributed by atoms with van der Waals surface area (Å²) in [6.45, 7) is 0. The molecule has 0 saturated carbocycles. The Balaban J connectivity index is 2.13. The van der Waals surface area contributed by atoms with Crippen molar-refractivity contribution in [2.45, 2.75) is 18.1 Å². The maximum atomic E-state index is 4.23. The van der Waals surface area contributed by atoms with Crippen molar-refractivity contribution >= 4 is 34.2 Å². The zero-order valence-electron chi connectivity index (χ0n) is 4.67. The third-order valence-corrected chi connectivity index (χ3v) is 4.84. The molecule has 0 aliphatic carbocycles. The van der Waals surface area contributed by atoms with Gasteiger partial charge in [-0.05, 0) is 12.8 Å². The SMILES string of the molecule is SCC1CCCSS1. The highest BCUT2D eigenvalue weighted by molar-refractivity contribution is 8.77. The van der Waals surface area contributed by atoms with Gasteiger partial charge in [-0.25, -0.2) is 0 Å². The molecule has 3 heteroatoms. The fourth-order valence-corrected chi connectivity index (χ4v) is 4.00. The van der Waals surface area contributed by atoms with Crippen LogP contribution in [0.5, 0.6) is 0 Å². The van der Waals surface area contributed by atoms with Crippen molar-refractivity contribution in [2.75, 3.05) is 11.5 Å². The normalized spacial score (nSPS) is 30.4. The lowest BCUT2D eigenvalue weighted by atomic mass is 10.3. The van der Waals surface area contributed by atoms with Crippen molar-refractivity contribution in [3.63, 3.8) is 0 Å². The largest absolute Gasteiger partial charge is 0.178 e. The monoisotopic (exact) mass is 166 g/mol. The third-order valence-electron chi connectivity index (χ3n) is 1.16. The predicted octanol–water partition coefficient (Wildman–Crippen LogP) is 2.46.